The van der Waals surface area contributed by atoms with Gasteiger partial charge < -0.3 is 10.6 Å². The van der Waals surface area contributed by atoms with Gasteiger partial charge in [-0.3, -0.25) is 9.59 Å². The average molecular weight is 288 g/mol. The van der Waals surface area contributed by atoms with Crippen molar-refractivity contribution < 1.29 is 22.8 Å². The molecular formula is C13H15F3N2O2. The fraction of sp³-hybridized carbons (Fsp3) is 0.385. The first kappa shape index (κ1) is 16.0. The summed E-state index contributed by atoms with van der Waals surface area (Å²) in [7, 11) is 0. The van der Waals surface area contributed by atoms with Crippen LogP contribution in [0.3, 0.4) is 0 Å². The Balaban J connectivity index is 2.62. The number of nitrogens with one attached hydrogen (secondary N) is 2. The molecule has 2 N–H and O–H groups in total. The Morgan fingerprint density at radius 3 is 2.50 bits per heavy atom. The van der Waals surface area contributed by atoms with Crippen LogP contribution in [0.15, 0.2) is 24.3 Å². The van der Waals surface area contributed by atoms with Crippen molar-refractivity contribution in [1.82, 2.24) is 10.6 Å². The zero-order chi connectivity index (χ0) is 15.2. The smallest absolute Gasteiger partial charge is 0.355 e. The Kier molecular flexibility index (Phi) is 5.54. The minimum Gasteiger partial charge on any atom is -0.355 e. The molecule has 0 aromatic heterocycles. The summed E-state index contributed by atoms with van der Waals surface area (Å²) in [6.07, 6.45) is -3.75. The number of hydrogen-bond acceptors (Lipinski definition) is 2. The third-order valence-electron chi connectivity index (χ3n) is 2.43. The van der Waals surface area contributed by atoms with Gasteiger partial charge in [0.05, 0.1) is 12.1 Å². The van der Waals surface area contributed by atoms with E-state index in [1.807, 2.05) is 6.92 Å². The standard InChI is InChI=1S/C13H15F3N2O2/c1-2-6-17-11(19)8-18-12(20)9-4-3-5-10(7-9)13(14,15)16/h3-5,7H,2,6,8H2,1H3,(H,17,19)(H,18,20). The van der Waals surface area contributed by atoms with E-state index in [0.29, 0.717) is 6.54 Å². The first-order valence-corrected chi connectivity index (χ1v) is 6.06. The molecule has 0 saturated carbocycles. The van der Waals surface area contributed by atoms with Crippen LogP contribution >= 0.6 is 0 Å². The van der Waals surface area contributed by atoms with E-state index in [1.165, 1.54) is 6.07 Å². The van der Waals surface area contributed by atoms with Gasteiger partial charge in [0.25, 0.3) is 5.91 Å². The Hall–Kier alpha value is -2.05. The molecule has 7 heteroatoms. The molecule has 1 aromatic rings. The van der Waals surface area contributed by atoms with Gasteiger partial charge in [-0.25, -0.2) is 0 Å². The predicted octanol–water partition coefficient (Wildman–Crippen LogP) is 1.96. The lowest BCUT2D eigenvalue weighted by molar-refractivity contribution is -0.137. The van der Waals surface area contributed by atoms with Gasteiger partial charge in [-0.1, -0.05) is 13.0 Å². The van der Waals surface area contributed by atoms with Crippen LogP contribution in [0.5, 0.6) is 0 Å². The summed E-state index contributed by atoms with van der Waals surface area (Å²) in [6, 6.07) is 4.04. The zero-order valence-electron chi connectivity index (χ0n) is 10.9. The number of benzene rings is 1. The molecule has 0 aliphatic carbocycles. The highest BCUT2D eigenvalue weighted by molar-refractivity contribution is 5.96. The molecule has 0 aliphatic heterocycles. The number of carbonyl (C=O) groups excluding carboxylic acids is 2. The first-order chi connectivity index (χ1) is 9.34. The molecule has 0 bridgehead atoms. The lowest BCUT2D eigenvalue weighted by Gasteiger charge is -2.09. The molecule has 0 unspecified atom stereocenters. The second kappa shape index (κ2) is 6.93. The largest absolute Gasteiger partial charge is 0.416 e. The van der Waals surface area contributed by atoms with Crippen molar-refractivity contribution in [3.8, 4) is 0 Å². The lowest BCUT2D eigenvalue weighted by Crippen LogP contribution is -2.37. The quantitative estimate of drug-likeness (QED) is 0.870. The Morgan fingerprint density at radius 1 is 1.20 bits per heavy atom. The van der Waals surface area contributed by atoms with Crippen molar-refractivity contribution >= 4 is 11.8 Å². The van der Waals surface area contributed by atoms with Gasteiger partial charge >= 0.3 is 6.18 Å². The van der Waals surface area contributed by atoms with E-state index >= 15 is 0 Å². The highest BCUT2D eigenvalue weighted by Crippen LogP contribution is 2.29. The maximum Gasteiger partial charge on any atom is 0.416 e. The molecule has 2 amide bonds. The molecule has 20 heavy (non-hydrogen) atoms. The van der Waals surface area contributed by atoms with Gasteiger partial charge in [-0.05, 0) is 24.6 Å². The molecule has 0 heterocycles. The van der Waals surface area contributed by atoms with Crippen LogP contribution in [0, 0.1) is 0 Å². The molecule has 0 radical (unpaired) electrons. The zero-order valence-corrected chi connectivity index (χ0v) is 10.9. The molecule has 0 atom stereocenters. The molecule has 1 aromatic carbocycles. The Bertz CT molecular complexity index is 487. The minimum atomic E-state index is -4.51. The van der Waals surface area contributed by atoms with Crippen molar-refractivity contribution in [3.63, 3.8) is 0 Å². The van der Waals surface area contributed by atoms with Crippen LogP contribution in [-0.2, 0) is 11.0 Å². The average Bonchev–Trinajstić information content (AvgIpc) is 2.41. The van der Waals surface area contributed by atoms with Gasteiger partial charge in [0, 0.05) is 12.1 Å². The normalized spacial score (nSPS) is 11.0. The van der Waals surface area contributed by atoms with E-state index < -0.39 is 17.6 Å². The molecule has 4 nitrogen and oxygen atoms in total. The second-order valence-corrected chi connectivity index (χ2v) is 4.11. The number of alkyl halides is 3. The number of hydrogen-bond donors (Lipinski definition) is 2. The van der Waals surface area contributed by atoms with Crippen molar-refractivity contribution in [3.05, 3.63) is 35.4 Å². The van der Waals surface area contributed by atoms with E-state index in [2.05, 4.69) is 10.6 Å². The van der Waals surface area contributed by atoms with Crippen LogP contribution < -0.4 is 10.6 Å². The van der Waals surface area contributed by atoms with Crippen LogP contribution in [0.4, 0.5) is 13.2 Å². The van der Waals surface area contributed by atoms with Crippen LogP contribution in [0.1, 0.15) is 29.3 Å². The minimum absolute atomic E-state index is 0.136. The van der Waals surface area contributed by atoms with Gasteiger partial charge in [-0.15, -0.1) is 0 Å². The topological polar surface area (TPSA) is 58.2 Å². The van der Waals surface area contributed by atoms with E-state index in [4.69, 9.17) is 0 Å². The van der Waals surface area contributed by atoms with Gasteiger partial charge in [0.2, 0.25) is 5.91 Å². The fourth-order valence-corrected chi connectivity index (χ4v) is 1.43. The predicted molar refractivity (Wildman–Crippen MR) is 67.1 cm³/mol. The Morgan fingerprint density at radius 2 is 1.90 bits per heavy atom. The Labute approximate surface area is 114 Å². The lowest BCUT2D eigenvalue weighted by atomic mass is 10.1. The molecule has 0 spiro atoms. The number of amides is 2. The SMILES string of the molecule is CCCNC(=O)CNC(=O)c1cccc(C(F)(F)F)c1. The van der Waals surface area contributed by atoms with Crippen LogP contribution in [0.2, 0.25) is 0 Å². The summed E-state index contributed by atoms with van der Waals surface area (Å²) in [5, 5.41) is 4.81. The number of rotatable bonds is 5. The summed E-state index contributed by atoms with van der Waals surface area (Å²) in [4.78, 5) is 22.9. The third-order valence-corrected chi connectivity index (χ3v) is 2.43. The number of carbonyl (C=O) groups is 2. The van der Waals surface area contributed by atoms with Crippen molar-refractivity contribution in [2.75, 3.05) is 13.1 Å². The highest BCUT2D eigenvalue weighted by Gasteiger charge is 2.30. The maximum absolute atomic E-state index is 12.5. The van der Waals surface area contributed by atoms with Crippen LogP contribution in [0.25, 0.3) is 0 Å². The second-order valence-electron chi connectivity index (χ2n) is 4.11. The van der Waals surface area contributed by atoms with Crippen LogP contribution in [-0.4, -0.2) is 24.9 Å². The summed E-state index contributed by atoms with van der Waals surface area (Å²) in [5.74, 6) is -1.10. The van der Waals surface area contributed by atoms with E-state index in [-0.39, 0.29) is 18.0 Å². The van der Waals surface area contributed by atoms with Gasteiger partial charge in [0.1, 0.15) is 0 Å². The van der Waals surface area contributed by atoms with Crippen molar-refractivity contribution in [2.24, 2.45) is 0 Å². The van der Waals surface area contributed by atoms with Crippen molar-refractivity contribution in [2.45, 2.75) is 19.5 Å². The monoisotopic (exact) mass is 288 g/mol. The summed E-state index contributed by atoms with van der Waals surface area (Å²) in [5.41, 5.74) is -1.04. The van der Waals surface area contributed by atoms with Crippen molar-refractivity contribution in [1.29, 1.82) is 0 Å². The molecular weight excluding hydrogens is 273 g/mol. The molecule has 0 saturated heterocycles. The third kappa shape index (κ3) is 4.91. The number of halogens is 3. The summed E-state index contributed by atoms with van der Waals surface area (Å²) < 4.78 is 37.5. The molecule has 0 fully saturated rings. The fourth-order valence-electron chi connectivity index (χ4n) is 1.43. The molecule has 1 rings (SSSR count). The van der Waals surface area contributed by atoms with E-state index in [0.717, 1.165) is 24.6 Å². The highest BCUT2D eigenvalue weighted by atomic mass is 19.4. The summed E-state index contributed by atoms with van der Waals surface area (Å²) >= 11 is 0. The van der Waals surface area contributed by atoms with Gasteiger partial charge in [0.15, 0.2) is 0 Å². The maximum atomic E-state index is 12.5. The van der Waals surface area contributed by atoms with E-state index in [9.17, 15) is 22.8 Å². The first-order valence-electron chi connectivity index (χ1n) is 6.06. The van der Waals surface area contributed by atoms with E-state index in [1.54, 1.807) is 0 Å². The van der Waals surface area contributed by atoms with Gasteiger partial charge in [-0.2, -0.15) is 13.2 Å². The molecule has 110 valence electrons. The summed E-state index contributed by atoms with van der Waals surface area (Å²) in [6.45, 7) is 2.09. The molecule has 0 aliphatic rings.